The average Bonchev–Trinajstić information content (AvgIpc) is 3.29. The van der Waals surface area contributed by atoms with Crippen molar-refractivity contribution in [2.45, 2.75) is 37.9 Å². The number of benzene rings is 1. The highest BCUT2D eigenvalue weighted by atomic mass is 16.5. The monoisotopic (exact) mass is 318 g/mol. The summed E-state index contributed by atoms with van der Waals surface area (Å²) in [5.41, 5.74) is 11.6. The number of carbonyl (C=O) groups is 2. The van der Waals surface area contributed by atoms with E-state index in [0.29, 0.717) is 11.5 Å². The van der Waals surface area contributed by atoms with Crippen LogP contribution in [0.3, 0.4) is 0 Å². The molecule has 1 saturated heterocycles. The molecule has 2 aliphatic rings. The maximum atomic E-state index is 12.3. The highest BCUT2D eigenvalue weighted by molar-refractivity contribution is 5.95. The number of hydrogen-bond acceptors (Lipinski definition) is 5. The van der Waals surface area contributed by atoms with Gasteiger partial charge in [0.25, 0.3) is 5.91 Å². The Morgan fingerprint density at radius 3 is 2.57 bits per heavy atom. The van der Waals surface area contributed by atoms with Crippen molar-refractivity contribution < 1.29 is 14.3 Å². The molecule has 1 aliphatic carbocycles. The number of rotatable bonds is 6. The maximum absolute atomic E-state index is 12.3. The lowest BCUT2D eigenvalue weighted by Gasteiger charge is -2.20. The minimum absolute atomic E-state index is 0.0994. The Morgan fingerprint density at radius 1 is 1.26 bits per heavy atom. The van der Waals surface area contributed by atoms with Crippen LogP contribution in [0.5, 0.6) is 5.75 Å². The number of hydrazine groups is 1. The van der Waals surface area contributed by atoms with Crippen molar-refractivity contribution in [3.05, 3.63) is 29.8 Å². The molecule has 0 radical (unpaired) electrons. The summed E-state index contributed by atoms with van der Waals surface area (Å²) in [6.07, 6.45) is 2.48. The van der Waals surface area contributed by atoms with E-state index in [0.717, 1.165) is 12.4 Å². The first-order chi connectivity index (χ1) is 11.0. The lowest BCUT2D eigenvalue weighted by molar-refractivity contribution is -0.120. The molecule has 7 nitrogen and oxygen atoms in total. The highest BCUT2D eigenvalue weighted by Gasteiger charge is 2.37. The zero-order valence-electron chi connectivity index (χ0n) is 13.0. The molecule has 2 fully saturated rings. The number of amides is 2. The molecule has 2 amide bonds. The van der Waals surface area contributed by atoms with Crippen LogP contribution in [0.2, 0.25) is 0 Å². The van der Waals surface area contributed by atoms with E-state index in [2.05, 4.69) is 16.2 Å². The Bertz CT molecular complexity index is 585. The molecule has 7 heteroatoms. The summed E-state index contributed by atoms with van der Waals surface area (Å²) in [6, 6.07) is 5.89. The summed E-state index contributed by atoms with van der Waals surface area (Å²) >= 11 is 0. The highest BCUT2D eigenvalue weighted by Crippen LogP contribution is 2.29. The molecule has 0 spiro atoms. The van der Waals surface area contributed by atoms with Crippen LogP contribution in [0.15, 0.2) is 24.3 Å². The Labute approximate surface area is 134 Å². The van der Waals surface area contributed by atoms with E-state index in [9.17, 15) is 9.59 Å². The van der Waals surface area contributed by atoms with Gasteiger partial charge in [0.1, 0.15) is 11.8 Å². The van der Waals surface area contributed by atoms with Gasteiger partial charge in [-0.15, -0.1) is 0 Å². The maximum Gasteiger partial charge on any atom is 0.251 e. The van der Waals surface area contributed by atoms with Crippen LogP contribution in [0, 0.1) is 5.92 Å². The Balaban J connectivity index is 1.59. The Morgan fingerprint density at radius 2 is 1.96 bits per heavy atom. The third kappa shape index (κ3) is 3.80. The minimum Gasteiger partial charge on any atom is -0.493 e. The van der Waals surface area contributed by atoms with Crippen molar-refractivity contribution in [1.29, 1.82) is 0 Å². The van der Waals surface area contributed by atoms with Gasteiger partial charge in [-0.1, -0.05) is 0 Å². The molecule has 1 aliphatic heterocycles. The van der Waals surface area contributed by atoms with Crippen LogP contribution >= 0.6 is 0 Å². The second-order valence-corrected chi connectivity index (χ2v) is 6.24. The second kappa shape index (κ2) is 6.55. The van der Waals surface area contributed by atoms with Gasteiger partial charge >= 0.3 is 0 Å². The zero-order chi connectivity index (χ0) is 16.4. The number of hydrogen-bond donors (Lipinski definition) is 4. The molecular weight excluding hydrogens is 296 g/mol. The van der Waals surface area contributed by atoms with Gasteiger partial charge in [0, 0.05) is 11.6 Å². The Kier molecular flexibility index (Phi) is 4.49. The summed E-state index contributed by atoms with van der Waals surface area (Å²) in [5, 5.41) is 2.85. The van der Waals surface area contributed by atoms with Crippen molar-refractivity contribution in [3.8, 4) is 5.75 Å². The van der Waals surface area contributed by atoms with Crippen molar-refractivity contribution >= 4 is 11.8 Å². The fraction of sp³-hybridized carbons (Fsp3) is 0.500. The molecule has 124 valence electrons. The van der Waals surface area contributed by atoms with Gasteiger partial charge in [-0.25, -0.2) is 5.43 Å². The molecule has 0 bridgehead atoms. The molecule has 5 N–H and O–H groups in total. The molecule has 3 rings (SSSR count). The van der Waals surface area contributed by atoms with Gasteiger partial charge in [0.15, 0.2) is 0 Å². The lowest BCUT2D eigenvalue weighted by atomic mass is 10.0. The van der Waals surface area contributed by atoms with E-state index in [1.165, 1.54) is 12.8 Å². The van der Waals surface area contributed by atoms with Crippen molar-refractivity contribution in [2.24, 2.45) is 11.7 Å². The fourth-order valence-corrected chi connectivity index (χ4v) is 2.58. The molecule has 1 aromatic carbocycles. The van der Waals surface area contributed by atoms with Crippen LogP contribution in [0.1, 0.15) is 30.1 Å². The quantitative estimate of drug-likeness (QED) is 0.587. The third-order valence-electron chi connectivity index (χ3n) is 4.27. The molecule has 0 aromatic heterocycles. The molecule has 3 unspecified atom stereocenters. The van der Waals surface area contributed by atoms with Crippen LogP contribution in [0.25, 0.3) is 0 Å². The van der Waals surface area contributed by atoms with E-state index < -0.39 is 18.0 Å². The van der Waals surface area contributed by atoms with E-state index in [-0.39, 0.29) is 11.9 Å². The largest absolute Gasteiger partial charge is 0.493 e. The molecule has 1 heterocycles. The molecule has 3 atom stereocenters. The van der Waals surface area contributed by atoms with Crippen molar-refractivity contribution in [1.82, 2.24) is 16.2 Å². The lowest BCUT2D eigenvalue weighted by Crippen LogP contribution is -2.52. The van der Waals surface area contributed by atoms with Gasteiger partial charge in [0.2, 0.25) is 5.91 Å². The second-order valence-electron chi connectivity index (χ2n) is 6.24. The predicted molar refractivity (Wildman–Crippen MR) is 84.6 cm³/mol. The predicted octanol–water partition coefficient (Wildman–Crippen LogP) is -0.0760. The summed E-state index contributed by atoms with van der Waals surface area (Å²) in [6.45, 7) is 2.61. The smallest absolute Gasteiger partial charge is 0.251 e. The van der Waals surface area contributed by atoms with Crippen LogP contribution < -0.4 is 26.6 Å². The summed E-state index contributed by atoms with van der Waals surface area (Å²) in [7, 11) is 0. The van der Waals surface area contributed by atoms with Crippen molar-refractivity contribution in [2.75, 3.05) is 6.61 Å². The number of carbonyl (C=O) groups excluding carboxylic acids is 2. The summed E-state index contributed by atoms with van der Waals surface area (Å²) < 4.78 is 5.65. The number of nitrogens with one attached hydrogen (secondary N) is 3. The van der Waals surface area contributed by atoms with Crippen LogP contribution in [0.4, 0.5) is 0 Å². The molecule has 23 heavy (non-hydrogen) atoms. The van der Waals surface area contributed by atoms with E-state index in [1.807, 2.05) is 6.92 Å². The Hall–Kier alpha value is -2.12. The third-order valence-corrected chi connectivity index (χ3v) is 4.27. The summed E-state index contributed by atoms with van der Waals surface area (Å²) in [5.74, 6) is 0.705. The fourth-order valence-electron chi connectivity index (χ4n) is 2.58. The first kappa shape index (κ1) is 15.8. The van der Waals surface area contributed by atoms with Gasteiger partial charge in [-0.2, -0.15) is 0 Å². The van der Waals surface area contributed by atoms with Crippen LogP contribution in [-0.2, 0) is 4.79 Å². The van der Waals surface area contributed by atoms with E-state index in [1.54, 1.807) is 24.3 Å². The van der Waals surface area contributed by atoms with E-state index in [4.69, 9.17) is 10.5 Å². The first-order valence-corrected chi connectivity index (χ1v) is 7.88. The zero-order valence-corrected chi connectivity index (χ0v) is 13.0. The van der Waals surface area contributed by atoms with Gasteiger partial charge in [-0.3, -0.25) is 15.0 Å². The normalized spacial score (nSPS) is 26.7. The molecule has 1 aromatic rings. The van der Waals surface area contributed by atoms with Gasteiger partial charge in [-0.05, 0) is 49.9 Å². The van der Waals surface area contributed by atoms with Gasteiger partial charge < -0.3 is 15.8 Å². The standard InChI is InChI=1S/C16H22N4O3/c1-9-13(14(15(17)21)20-19-9)18-16(22)11-4-6-12(7-5-11)23-8-10-2-3-10/h4-7,9-10,13-14,19-20H,2-3,8H2,1H3,(H2,17,21)(H,18,22). The van der Waals surface area contributed by atoms with E-state index >= 15 is 0 Å². The molecule has 1 saturated carbocycles. The average molecular weight is 318 g/mol. The topological polar surface area (TPSA) is 105 Å². The van der Waals surface area contributed by atoms with Gasteiger partial charge in [0.05, 0.1) is 12.6 Å². The first-order valence-electron chi connectivity index (χ1n) is 7.88. The van der Waals surface area contributed by atoms with Crippen LogP contribution in [-0.4, -0.2) is 36.5 Å². The number of nitrogens with two attached hydrogens (primary N) is 1. The minimum atomic E-state index is -0.630. The van der Waals surface area contributed by atoms with Crippen molar-refractivity contribution in [3.63, 3.8) is 0 Å². The number of ether oxygens (including phenoxy) is 1. The number of primary amides is 1. The SMILES string of the molecule is CC1NNC(C(N)=O)C1NC(=O)c1ccc(OCC2CC2)cc1. The summed E-state index contributed by atoms with van der Waals surface area (Å²) in [4.78, 5) is 23.7. The molecular formula is C16H22N4O3.